The molecule has 1 aliphatic heterocycles. The second kappa shape index (κ2) is 6.54. The summed E-state index contributed by atoms with van der Waals surface area (Å²) in [6.45, 7) is 6.24. The Morgan fingerprint density at radius 1 is 0.900 bits per heavy atom. The Labute approximate surface area is 119 Å². The smallest absolute Gasteiger partial charge is 0.115 e. The topological polar surface area (TPSA) is 45.2 Å². The van der Waals surface area contributed by atoms with Gasteiger partial charge in [-0.15, -0.1) is 0 Å². The van der Waals surface area contributed by atoms with Gasteiger partial charge in [0.05, 0.1) is 5.69 Å². The highest BCUT2D eigenvalue weighted by Gasteiger charge is 2.17. The number of piperazine rings is 1. The summed E-state index contributed by atoms with van der Waals surface area (Å²) in [5.41, 5.74) is 2.34. The van der Waals surface area contributed by atoms with Crippen molar-refractivity contribution < 1.29 is 0 Å². The maximum Gasteiger partial charge on any atom is 0.115 e. The first kappa shape index (κ1) is 13.1. The van der Waals surface area contributed by atoms with E-state index in [-0.39, 0.29) is 0 Å². The Morgan fingerprint density at radius 2 is 1.60 bits per heavy atom. The first-order chi connectivity index (χ1) is 9.90. The quantitative estimate of drug-likeness (QED) is 0.834. The molecule has 1 aliphatic rings. The summed E-state index contributed by atoms with van der Waals surface area (Å²) in [6.07, 6.45) is 7.23. The average Bonchev–Trinajstić information content (AvgIpc) is 2.51. The summed E-state index contributed by atoms with van der Waals surface area (Å²) < 4.78 is 0. The Bertz CT molecular complexity index is 459. The number of nitrogens with zero attached hydrogens (tertiary/aromatic N) is 5. The fourth-order valence-electron chi connectivity index (χ4n) is 2.50. The number of hydrogen-bond acceptors (Lipinski definition) is 5. The summed E-state index contributed by atoms with van der Waals surface area (Å²) >= 11 is 0. The van der Waals surface area contributed by atoms with Gasteiger partial charge in [0.25, 0.3) is 0 Å². The molecule has 3 heterocycles. The molecular formula is C15H19N5. The zero-order valence-electron chi connectivity index (χ0n) is 11.5. The zero-order chi connectivity index (χ0) is 13.6. The van der Waals surface area contributed by atoms with Crippen LogP contribution < -0.4 is 0 Å². The van der Waals surface area contributed by atoms with E-state index in [4.69, 9.17) is 0 Å². The SMILES string of the molecule is c1ccc(CN2CCN(Cc3cncnc3)CC2)nc1. The fourth-order valence-corrected chi connectivity index (χ4v) is 2.50. The Balaban J connectivity index is 1.47. The average molecular weight is 269 g/mol. The molecule has 0 saturated carbocycles. The summed E-state index contributed by atoms with van der Waals surface area (Å²) in [5.74, 6) is 0. The maximum absolute atomic E-state index is 4.39. The zero-order valence-corrected chi connectivity index (χ0v) is 11.5. The van der Waals surface area contributed by atoms with Gasteiger partial charge < -0.3 is 0 Å². The van der Waals surface area contributed by atoms with Crippen LogP contribution in [0.1, 0.15) is 11.3 Å². The van der Waals surface area contributed by atoms with E-state index in [0.29, 0.717) is 0 Å². The van der Waals surface area contributed by atoms with Crippen molar-refractivity contribution in [3.05, 3.63) is 54.4 Å². The van der Waals surface area contributed by atoms with E-state index in [1.54, 1.807) is 6.33 Å². The molecule has 3 rings (SSSR count). The minimum atomic E-state index is 0.943. The molecule has 104 valence electrons. The Morgan fingerprint density at radius 3 is 2.25 bits per heavy atom. The van der Waals surface area contributed by atoms with Gasteiger partial charge in [0.2, 0.25) is 0 Å². The molecular weight excluding hydrogens is 250 g/mol. The molecule has 0 bridgehead atoms. The first-order valence-electron chi connectivity index (χ1n) is 6.99. The van der Waals surface area contributed by atoms with Crippen LogP contribution in [0.5, 0.6) is 0 Å². The third-order valence-electron chi connectivity index (χ3n) is 3.60. The van der Waals surface area contributed by atoms with Crippen molar-refractivity contribution in [3.8, 4) is 0 Å². The van der Waals surface area contributed by atoms with E-state index in [2.05, 4.69) is 30.8 Å². The lowest BCUT2D eigenvalue weighted by Crippen LogP contribution is -2.45. The highest BCUT2D eigenvalue weighted by Crippen LogP contribution is 2.09. The molecule has 1 saturated heterocycles. The lowest BCUT2D eigenvalue weighted by atomic mass is 10.2. The van der Waals surface area contributed by atoms with Crippen LogP contribution in [0.25, 0.3) is 0 Å². The van der Waals surface area contributed by atoms with Gasteiger partial charge in [0.1, 0.15) is 6.33 Å². The summed E-state index contributed by atoms with van der Waals surface area (Å²) in [7, 11) is 0. The van der Waals surface area contributed by atoms with Crippen LogP contribution in [0.2, 0.25) is 0 Å². The third-order valence-corrected chi connectivity index (χ3v) is 3.60. The summed E-state index contributed by atoms with van der Waals surface area (Å²) in [5, 5.41) is 0. The standard InChI is InChI=1S/C15H19N5/c1-2-4-18-15(3-1)12-20-7-5-19(6-8-20)11-14-9-16-13-17-10-14/h1-4,9-10,13H,5-8,11-12H2. The van der Waals surface area contributed by atoms with Gasteiger partial charge in [0.15, 0.2) is 0 Å². The summed E-state index contributed by atoms with van der Waals surface area (Å²) in [6, 6.07) is 6.10. The number of aromatic nitrogens is 3. The molecule has 5 heteroatoms. The highest BCUT2D eigenvalue weighted by molar-refractivity contribution is 5.04. The van der Waals surface area contributed by atoms with Crippen molar-refractivity contribution >= 4 is 0 Å². The predicted molar refractivity (Wildman–Crippen MR) is 76.8 cm³/mol. The van der Waals surface area contributed by atoms with E-state index >= 15 is 0 Å². The molecule has 0 spiro atoms. The Hall–Kier alpha value is -1.85. The molecule has 20 heavy (non-hydrogen) atoms. The van der Waals surface area contributed by atoms with E-state index in [1.165, 1.54) is 5.56 Å². The van der Waals surface area contributed by atoms with Crippen molar-refractivity contribution in [2.45, 2.75) is 13.1 Å². The first-order valence-corrected chi connectivity index (χ1v) is 6.99. The van der Waals surface area contributed by atoms with Crippen LogP contribution in [-0.4, -0.2) is 50.9 Å². The summed E-state index contributed by atoms with van der Waals surface area (Å²) in [4.78, 5) is 17.4. The van der Waals surface area contributed by atoms with Crippen LogP contribution in [0, 0.1) is 0 Å². The van der Waals surface area contributed by atoms with Gasteiger partial charge in [-0.1, -0.05) is 6.07 Å². The second-order valence-corrected chi connectivity index (χ2v) is 5.12. The second-order valence-electron chi connectivity index (χ2n) is 5.12. The molecule has 1 fully saturated rings. The van der Waals surface area contributed by atoms with Crippen molar-refractivity contribution in [2.75, 3.05) is 26.2 Å². The normalized spacial score (nSPS) is 17.2. The molecule has 0 radical (unpaired) electrons. The molecule has 0 unspecified atom stereocenters. The molecule has 2 aromatic rings. The van der Waals surface area contributed by atoms with E-state index < -0.39 is 0 Å². The van der Waals surface area contributed by atoms with E-state index in [0.717, 1.165) is 45.0 Å². The predicted octanol–water partition coefficient (Wildman–Crippen LogP) is 1.19. The van der Waals surface area contributed by atoms with Crippen molar-refractivity contribution in [1.29, 1.82) is 0 Å². The lowest BCUT2D eigenvalue weighted by molar-refractivity contribution is 0.121. The molecule has 0 amide bonds. The van der Waals surface area contributed by atoms with Crippen LogP contribution in [-0.2, 0) is 13.1 Å². The van der Waals surface area contributed by atoms with Crippen LogP contribution >= 0.6 is 0 Å². The minimum absolute atomic E-state index is 0.943. The van der Waals surface area contributed by atoms with Crippen molar-refractivity contribution in [2.24, 2.45) is 0 Å². The van der Waals surface area contributed by atoms with Gasteiger partial charge in [-0.05, 0) is 12.1 Å². The largest absolute Gasteiger partial charge is 0.296 e. The van der Waals surface area contributed by atoms with Gasteiger partial charge in [0, 0.05) is 63.4 Å². The fraction of sp³-hybridized carbons (Fsp3) is 0.400. The van der Waals surface area contributed by atoms with Crippen molar-refractivity contribution in [1.82, 2.24) is 24.8 Å². The molecule has 0 N–H and O–H groups in total. The number of pyridine rings is 1. The molecule has 0 aromatic carbocycles. The van der Waals surface area contributed by atoms with Gasteiger partial charge in [-0.3, -0.25) is 14.8 Å². The monoisotopic (exact) mass is 269 g/mol. The minimum Gasteiger partial charge on any atom is -0.296 e. The lowest BCUT2D eigenvalue weighted by Gasteiger charge is -2.34. The van der Waals surface area contributed by atoms with Crippen molar-refractivity contribution in [3.63, 3.8) is 0 Å². The van der Waals surface area contributed by atoms with Gasteiger partial charge >= 0.3 is 0 Å². The molecule has 2 aromatic heterocycles. The van der Waals surface area contributed by atoms with Crippen LogP contribution in [0.4, 0.5) is 0 Å². The maximum atomic E-state index is 4.39. The van der Waals surface area contributed by atoms with E-state index in [1.807, 2.05) is 30.7 Å². The van der Waals surface area contributed by atoms with E-state index in [9.17, 15) is 0 Å². The molecule has 0 aliphatic carbocycles. The van der Waals surface area contributed by atoms with Gasteiger partial charge in [-0.2, -0.15) is 0 Å². The molecule has 5 nitrogen and oxygen atoms in total. The number of hydrogen-bond donors (Lipinski definition) is 0. The molecule has 0 atom stereocenters. The van der Waals surface area contributed by atoms with Crippen LogP contribution in [0.15, 0.2) is 43.1 Å². The highest BCUT2D eigenvalue weighted by atomic mass is 15.3. The number of rotatable bonds is 4. The van der Waals surface area contributed by atoms with Gasteiger partial charge in [-0.25, -0.2) is 9.97 Å². The third kappa shape index (κ3) is 3.59. The van der Waals surface area contributed by atoms with Crippen LogP contribution in [0.3, 0.4) is 0 Å². The Kier molecular flexibility index (Phi) is 4.30.